The molecular weight excluding hydrogens is 254 g/mol. The second-order valence-electron chi connectivity index (χ2n) is 5.53. The number of carbonyl (C=O) groups excluding carboxylic acids is 1. The van der Waals surface area contributed by atoms with Crippen molar-refractivity contribution in [2.75, 3.05) is 18.0 Å². The molecule has 20 heavy (non-hydrogen) atoms. The van der Waals surface area contributed by atoms with Gasteiger partial charge < -0.3 is 15.3 Å². The lowest BCUT2D eigenvalue weighted by molar-refractivity contribution is -0.126. The molecule has 0 saturated carbocycles. The molecule has 106 valence electrons. The SMILES string of the molecule is C[C@@H](O)c1ccc(C#N)cc1N1CCNC(=O)C1(C)C. The number of nitrogens with one attached hydrogen (secondary N) is 1. The van der Waals surface area contributed by atoms with Crippen molar-refractivity contribution in [2.24, 2.45) is 0 Å². The Morgan fingerprint density at radius 3 is 2.80 bits per heavy atom. The molecule has 0 spiro atoms. The van der Waals surface area contributed by atoms with Crippen LogP contribution in [0.3, 0.4) is 0 Å². The molecule has 1 atom stereocenters. The van der Waals surface area contributed by atoms with Gasteiger partial charge in [-0.1, -0.05) is 6.07 Å². The first-order valence-electron chi connectivity index (χ1n) is 6.66. The van der Waals surface area contributed by atoms with Crippen molar-refractivity contribution < 1.29 is 9.90 Å². The molecule has 1 fully saturated rings. The van der Waals surface area contributed by atoms with Gasteiger partial charge in [0.15, 0.2) is 0 Å². The summed E-state index contributed by atoms with van der Waals surface area (Å²) in [6, 6.07) is 7.28. The smallest absolute Gasteiger partial charge is 0.245 e. The zero-order valence-electron chi connectivity index (χ0n) is 12.0. The van der Waals surface area contributed by atoms with Crippen LogP contribution in [-0.4, -0.2) is 29.6 Å². The first kappa shape index (κ1) is 14.4. The number of benzene rings is 1. The van der Waals surface area contributed by atoms with Crippen LogP contribution in [0, 0.1) is 11.3 Å². The molecule has 1 aromatic carbocycles. The van der Waals surface area contributed by atoms with Gasteiger partial charge in [-0.3, -0.25) is 4.79 Å². The van der Waals surface area contributed by atoms with Gasteiger partial charge in [0.1, 0.15) is 5.54 Å². The number of amides is 1. The molecule has 1 amide bonds. The van der Waals surface area contributed by atoms with E-state index in [0.717, 1.165) is 11.3 Å². The zero-order valence-corrected chi connectivity index (χ0v) is 12.0. The number of aliphatic hydroxyl groups excluding tert-OH is 1. The van der Waals surface area contributed by atoms with Crippen molar-refractivity contribution in [3.8, 4) is 6.07 Å². The van der Waals surface area contributed by atoms with Gasteiger partial charge >= 0.3 is 0 Å². The van der Waals surface area contributed by atoms with E-state index in [9.17, 15) is 9.90 Å². The third-order valence-corrected chi connectivity index (χ3v) is 3.75. The summed E-state index contributed by atoms with van der Waals surface area (Å²) in [4.78, 5) is 14.0. The lowest BCUT2D eigenvalue weighted by Gasteiger charge is -2.44. The number of nitrogens with zero attached hydrogens (tertiary/aromatic N) is 2. The van der Waals surface area contributed by atoms with E-state index in [1.165, 1.54) is 0 Å². The number of nitriles is 1. The summed E-state index contributed by atoms with van der Waals surface area (Å²) in [5.74, 6) is -0.0531. The summed E-state index contributed by atoms with van der Waals surface area (Å²) >= 11 is 0. The molecule has 1 aromatic rings. The first-order valence-corrected chi connectivity index (χ1v) is 6.66. The van der Waals surface area contributed by atoms with Gasteiger partial charge in [0.25, 0.3) is 0 Å². The van der Waals surface area contributed by atoms with Crippen molar-refractivity contribution in [1.82, 2.24) is 5.32 Å². The standard InChI is InChI=1S/C15H19N3O2/c1-10(19)12-5-4-11(9-16)8-13(12)18-7-6-17-14(20)15(18,2)3/h4-5,8,10,19H,6-7H2,1-3H3,(H,17,20)/t10-/m1/s1. The summed E-state index contributed by atoms with van der Waals surface area (Å²) in [5.41, 5.74) is 1.28. The van der Waals surface area contributed by atoms with E-state index in [4.69, 9.17) is 5.26 Å². The van der Waals surface area contributed by atoms with E-state index < -0.39 is 11.6 Å². The Morgan fingerprint density at radius 2 is 2.20 bits per heavy atom. The topological polar surface area (TPSA) is 76.4 Å². The van der Waals surface area contributed by atoms with Crippen LogP contribution in [0.4, 0.5) is 5.69 Å². The summed E-state index contributed by atoms with van der Waals surface area (Å²) in [6.07, 6.45) is -0.654. The Bertz CT molecular complexity index is 573. The maximum atomic E-state index is 12.1. The second kappa shape index (κ2) is 5.14. The highest BCUT2D eigenvalue weighted by Gasteiger charge is 2.38. The van der Waals surface area contributed by atoms with Gasteiger partial charge in [-0.15, -0.1) is 0 Å². The molecule has 5 nitrogen and oxygen atoms in total. The van der Waals surface area contributed by atoms with Crippen molar-refractivity contribution in [3.63, 3.8) is 0 Å². The lowest BCUT2D eigenvalue weighted by Crippen LogP contribution is -2.62. The van der Waals surface area contributed by atoms with Gasteiger partial charge in [-0.05, 0) is 32.9 Å². The van der Waals surface area contributed by atoms with Crippen LogP contribution in [0.25, 0.3) is 0 Å². The molecule has 1 aliphatic rings. The van der Waals surface area contributed by atoms with E-state index in [2.05, 4.69) is 11.4 Å². The molecule has 2 N–H and O–H groups in total. The van der Waals surface area contributed by atoms with Crippen LogP contribution < -0.4 is 10.2 Å². The number of carbonyl (C=O) groups is 1. The molecule has 0 unspecified atom stereocenters. The summed E-state index contributed by atoms with van der Waals surface area (Å²) in [6.45, 7) is 6.56. The van der Waals surface area contributed by atoms with Gasteiger partial charge in [-0.25, -0.2) is 0 Å². The van der Waals surface area contributed by atoms with Gasteiger partial charge in [-0.2, -0.15) is 5.26 Å². The number of piperazine rings is 1. The second-order valence-corrected chi connectivity index (χ2v) is 5.53. The molecule has 1 heterocycles. The molecule has 0 aliphatic carbocycles. The van der Waals surface area contributed by atoms with Crippen LogP contribution in [0.15, 0.2) is 18.2 Å². The summed E-state index contributed by atoms with van der Waals surface area (Å²) in [7, 11) is 0. The highest BCUT2D eigenvalue weighted by molar-refractivity contribution is 5.90. The Hall–Kier alpha value is -2.06. The average Bonchev–Trinajstić information content (AvgIpc) is 2.41. The minimum atomic E-state index is -0.712. The number of aliphatic hydroxyl groups is 1. The van der Waals surface area contributed by atoms with Crippen molar-refractivity contribution >= 4 is 11.6 Å². The van der Waals surface area contributed by atoms with Crippen LogP contribution >= 0.6 is 0 Å². The van der Waals surface area contributed by atoms with E-state index in [-0.39, 0.29) is 5.91 Å². The maximum absolute atomic E-state index is 12.1. The number of hydrogen-bond acceptors (Lipinski definition) is 4. The van der Waals surface area contributed by atoms with Crippen molar-refractivity contribution in [3.05, 3.63) is 29.3 Å². The fourth-order valence-corrected chi connectivity index (χ4v) is 2.52. The fourth-order valence-electron chi connectivity index (χ4n) is 2.52. The Balaban J connectivity index is 2.55. The molecule has 0 radical (unpaired) electrons. The third kappa shape index (κ3) is 2.35. The van der Waals surface area contributed by atoms with Crippen molar-refractivity contribution in [2.45, 2.75) is 32.4 Å². The predicted molar refractivity (Wildman–Crippen MR) is 76.2 cm³/mol. The number of rotatable bonds is 2. The van der Waals surface area contributed by atoms with Crippen LogP contribution in [-0.2, 0) is 4.79 Å². The molecular formula is C15H19N3O2. The molecule has 2 rings (SSSR count). The Labute approximate surface area is 118 Å². The first-order chi connectivity index (χ1) is 9.37. The van der Waals surface area contributed by atoms with Gasteiger partial charge in [0.2, 0.25) is 5.91 Å². The Morgan fingerprint density at radius 1 is 1.50 bits per heavy atom. The average molecular weight is 273 g/mol. The molecule has 0 bridgehead atoms. The van der Waals surface area contributed by atoms with E-state index >= 15 is 0 Å². The third-order valence-electron chi connectivity index (χ3n) is 3.75. The normalized spacial score (nSPS) is 19.1. The lowest BCUT2D eigenvalue weighted by atomic mass is 9.95. The van der Waals surface area contributed by atoms with Crippen LogP contribution in [0.2, 0.25) is 0 Å². The Kier molecular flexibility index (Phi) is 3.69. The van der Waals surface area contributed by atoms with Crippen LogP contribution in [0.5, 0.6) is 0 Å². The van der Waals surface area contributed by atoms with Gasteiger partial charge in [0, 0.05) is 24.3 Å². The van der Waals surface area contributed by atoms with Crippen molar-refractivity contribution in [1.29, 1.82) is 5.26 Å². The largest absolute Gasteiger partial charge is 0.389 e. The highest BCUT2D eigenvalue weighted by Crippen LogP contribution is 2.33. The number of anilines is 1. The molecule has 0 aromatic heterocycles. The minimum Gasteiger partial charge on any atom is -0.389 e. The van der Waals surface area contributed by atoms with E-state index in [0.29, 0.717) is 18.7 Å². The molecule has 5 heteroatoms. The van der Waals surface area contributed by atoms with E-state index in [1.54, 1.807) is 25.1 Å². The number of hydrogen-bond donors (Lipinski definition) is 2. The van der Waals surface area contributed by atoms with Crippen LogP contribution in [0.1, 0.15) is 38.0 Å². The monoisotopic (exact) mass is 273 g/mol. The minimum absolute atomic E-state index is 0.0531. The zero-order chi connectivity index (χ0) is 14.9. The quantitative estimate of drug-likeness (QED) is 0.852. The maximum Gasteiger partial charge on any atom is 0.245 e. The molecule has 1 aliphatic heterocycles. The molecule has 1 saturated heterocycles. The summed E-state index contributed by atoms with van der Waals surface area (Å²) in [5, 5.41) is 21.8. The predicted octanol–water partition coefficient (Wildman–Crippen LogP) is 1.33. The van der Waals surface area contributed by atoms with E-state index in [1.807, 2.05) is 18.7 Å². The fraction of sp³-hybridized carbons (Fsp3) is 0.467. The highest BCUT2D eigenvalue weighted by atomic mass is 16.3. The van der Waals surface area contributed by atoms with Gasteiger partial charge in [0.05, 0.1) is 17.7 Å². The summed E-state index contributed by atoms with van der Waals surface area (Å²) < 4.78 is 0.